The normalized spacial score (nSPS) is 10.4. The average molecular weight is 254 g/mol. The number of ether oxygens (including phenoxy) is 1. The van der Waals surface area contributed by atoms with E-state index in [-0.39, 0.29) is 5.91 Å². The maximum Gasteiger partial charge on any atom is 0.238 e. The van der Waals surface area contributed by atoms with Crippen molar-refractivity contribution in [2.24, 2.45) is 0 Å². The minimum absolute atomic E-state index is 0.0644. The topological polar surface area (TPSA) is 41.6 Å². The Hall–Kier alpha value is -1.20. The van der Waals surface area contributed by atoms with Gasteiger partial charge in [0, 0.05) is 5.88 Å². The quantitative estimate of drug-likeness (QED) is 0.601. The van der Waals surface area contributed by atoms with Crippen molar-refractivity contribution >= 4 is 24.2 Å². The second kappa shape index (κ2) is 7.19. The molecule has 0 bridgehead atoms. The van der Waals surface area contributed by atoms with Crippen LogP contribution in [0.1, 0.15) is 6.92 Å². The molecule has 1 aromatic carbocycles. The Morgan fingerprint density at radius 2 is 2.18 bits per heavy atom. The van der Waals surface area contributed by atoms with Gasteiger partial charge in [-0.15, -0.1) is 0 Å². The molecule has 4 nitrogen and oxygen atoms in total. The van der Waals surface area contributed by atoms with Gasteiger partial charge in [0.2, 0.25) is 5.91 Å². The predicted molar refractivity (Wildman–Crippen MR) is 72.7 cm³/mol. The number of thiol groups is 1. The molecule has 0 aromatic heterocycles. The number of hydrogen-bond donors (Lipinski definition) is 2. The van der Waals surface area contributed by atoms with Crippen LogP contribution in [0.3, 0.4) is 0 Å². The van der Waals surface area contributed by atoms with E-state index in [2.05, 4.69) is 17.9 Å². The summed E-state index contributed by atoms with van der Waals surface area (Å²) < 4.78 is 5.16. The Morgan fingerprint density at radius 1 is 1.47 bits per heavy atom. The van der Waals surface area contributed by atoms with Crippen molar-refractivity contribution in [3.63, 3.8) is 0 Å². The summed E-state index contributed by atoms with van der Waals surface area (Å²) >= 11 is 4.16. The minimum Gasteiger partial charge on any atom is -0.495 e. The van der Waals surface area contributed by atoms with Gasteiger partial charge in [-0.2, -0.15) is 12.6 Å². The van der Waals surface area contributed by atoms with Crippen LogP contribution in [0, 0.1) is 0 Å². The van der Waals surface area contributed by atoms with Crippen molar-refractivity contribution < 1.29 is 9.53 Å². The van der Waals surface area contributed by atoms with Gasteiger partial charge in [0.05, 0.1) is 19.3 Å². The van der Waals surface area contributed by atoms with Gasteiger partial charge < -0.3 is 10.1 Å². The Morgan fingerprint density at radius 3 is 2.76 bits per heavy atom. The standard InChI is InChI=1S/C12H18N2O2S/c1-3-14(9-17)8-12(15)13-10-6-4-5-7-11(10)16-2/h4-7,17H,3,8-9H2,1-2H3,(H,13,15). The van der Waals surface area contributed by atoms with Gasteiger partial charge >= 0.3 is 0 Å². The molecule has 5 heteroatoms. The Kier molecular flexibility index (Phi) is 5.86. The van der Waals surface area contributed by atoms with E-state index in [4.69, 9.17) is 4.74 Å². The minimum atomic E-state index is -0.0644. The van der Waals surface area contributed by atoms with Crippen molar-refractivity contribution in [1.29, 1.82) is 0 Å². The van der Waals surface area contributed by atoms with E-state index < -0.39 is 0 Å². The number of rotatable bonds is 6. The van der Waals surface area contributed by atoms with Crippen LogP contribution in [0.4, 0.5) is 5.69 Å². The second-order valence-corrected chi connectivity index (χ2v) is 3.82. The first kappa shape index (κ1) is 13.9. The van der Waals surface area contributed by atoms with Gasteiger partial charge in [-0.25, -0.2) is 0 Å². The molecule has 0 spiro atoms. The molecule has 1 N–H and O–H groups in total. The van der Waals surface area contributed by atoms with E-state index in [9.17, 15) is 4.79 Å². The summed E-state index contributed by atoms with van der Waals surface area (Å²) in [6, 6.07) is 7.34. The maximum absolute atomic E-state index is 11.8. The molecule has 17 heavy (non-hydrogen) atoms. The van der Waals surface area contributed by atoms with Crippen LogP contribution in [0.5, 0.6) is 5.75 Å². The number of likely N-dealkylation sites (N-methyl/N-ethyl adjacent to an activating group) is 1. The number of amides is 1. The molecule has 1 rings (SSSR count). The molecule has 94 valence electrons. The number of carbonyl (C=O) groups excluding carboxylic acids is 1. The smallest absolute Gasteiger partial charge is 0.238 e. The molecule has 0 saturated heterocycles. The van der Waals surface area contributed by atoms with E-state index in [1.54, 1.807) is 7.11 Å². The Bertz CT molecular complexity index is 367. The molecule has 0 aliphatic heterocycles. The van der Waals surface area contributed by atoms with Gasteiger partial charge in [-0.3, -0.25) is 9.69 Å². The van der Waals surface area contributed by atoms with Gasteiger partial charge in [-0.1, -0.05) is 19.1 Å². The molecule has 0 heterocycles. The number of nitrogens with one attached hydrogen (secondary N) is 1. The van der Waals surface area contributed by atoms with Gasteiger partial charge in [0.25, 0.3) is 0 Å². The molecule has 0 aliphatic carbocycles. The molecular weight excluding hydrogens is 236 g/mol. The number of hydrogen-bond acceptors (Lipinski definition) is 4. The van der Waals surface area contributed by atoms with E-state index in [1.165, 1.54) is 0 Å². The van der Waals surface area contributed by atoms with Gasteiger partial charge in [0.15, 0.2) is 0 Å². The highest BCUT2D eigenvalue weighted by molar-refractivity contribution is 7.80. The summed E-state index contributed by atoms with van der Waals surface area (Å²) in [4.78, 5) is 13.7. The van der Waals surface area contributed by atoms with Gasteiger partial charge in [0.1, 0.15) is 5.75 Å². The monoisotopic (exact) mass is 254 g/mol. The third-order valence-corrected chi connectivity index (χ3v) is 2.80. The summed E-state index contributed by atoms with van der Waals surface area (Å²) in [5.74, 6) is 1.16. The first-order valence-corrected chi connectivity index (χ1v) is 6.10. The molecule has 0 atom stereocenters. The number of para-hydroxylation sites is 2. The van der Waals surface area contributed by atoms with E-state index in [0.717, 1.165) is 6.54 Å². The van der Waals surface area contributed by atoms with Crippen molar-refractivity contribution in [3.05, 3.63) is 24.3 Å². The first-order valence-electron chi connectivity index (χ1n) is 5.47. The predicted octanol–water partition coefficient (Wildman–Crippen LogP) is 1.84. The second-order valence-electron chi connectivity index (χ2n) is 3.54. The van der Waals surface area contributed by atoms with Crippen LogP contribution in [0.2, 0.25) is 0 Å². The number of carbonyl (C=O) groups is 1. The molecule has 0 saturated carbocycles. The average Bonchev–Trinajstić information content (AvgIpc) is 2.36. The molecule has 1 aromatic rings. The van der Waals surface area contributed by atoms with Crippen LogP contribution in [0.15, 0.2) is 24.3 Å². The third kappa shape index (κ3) is 4.28. The molecule has 0 radical (unpaired) electrons. The maximum atomic E-state index is 11.8. The lowest BCUT2D eigenvalue weighted by Gasteiger charge is -2.17. The van der Waals surface area contributed by atoms with Crippen molar-refractivity contribution in [2.75, 3.05) is 31.4 Å². The molecule has 0 aliphatic rings. The first-order chi connectivity index (χ1) is 8.21. The van der Waals surface area contributed by atoms with E-state index >= 15 is 0 Å². The van der Waals surface area contributed by atoms with E-state index in [0.29, 0.717) is 23.9 Å². The highest BCUT2D eigenvalue weighted by Gasteiger charge is 2.09. The number of nitrogens with zero attached hydrogens (tertiary/aromatic N) is 1. The number of methoxy groups -OCH3 is 1. The fourth-order valence-electron chi connectivity index (χ4n) is 1.40. The zero-order valence-electron chi connectivity index (χ0n) is 10.1. The zero-order valence-corrected chi connectivity index (χ0v) is 11.0. The Balaban J connectivity index is 2.61. The summed E-state index contributed by atoms with van der Waals surface area (Å²) in [7, 11) is 1.58. The lowest BCUT2D eigenvalue weighted by molar-refractivity contribution is -0.117. The number of benzene rings is 1. The fourth-order valence-corrected chi connectivity index (χ4v) is 1.70. The highest BCUT2D eigenvalue weighted by atomic mass is 32.1. The van der Waals surface area contributed by atoms with Crippen LogP contribution in [-0.2, 0) is 4.79 Å². The van der Waals surface area contributed by atoms with E-state index in [1.807, 2.05) is 36.1 Å². The number of anilines is 1. The van der Waals surface area contributed by atoms with Gasteiger partial charge in [-0.05, 0) is 18.7 Å². The van der Waals surface area contributed by atoms with Crippen LogP contribution < -0.4 is 10.1 Å². The third-order valence-electron chi connectivity index (χ3n) is 2.40. The molecular formula is C12H18N2O2S. The Labute approximate surface area is 107 Å². The summed E-state index contributed by atoms with van der Waals surface area (Å²) in [6.45, 7) is 3.12. The van der Waals surface area contributed by atoms with Crippen LogP contribution in [-0.4, -0.2) is 36.9 Å². The van der Waals surface area contributed by atoms with Crippen LogP contribution >= 0.6 is 12.6 Å². The highest BCUT2D eigenvalue weighted by Crippen LogP contribution is 2.22. The van der Waals surface area contributed by atoms with Crippen molar-refractivity contribution in [3.8, 4) is 5.75 Å². The largest absolute Gasteiger partial charge is 0.495 e. The zero-order chi connectivity index (χ0) is 12.7. The lowest BCUT2D eigenvalue weighted by Crippen LogP contribution is -2.32. The molecule has 0 unspecified atom stereocenters. The lowest BCUT2D eigenvalue weighted by atomic mass is 10.3. The molecule has 0 fully saturated rings. The summed E-state index contributed by atoms with van der Waals surface area (Å²) in [5, 5.41) is 2.82. The summed E-state index contributed by atoms with van der Waals surface area (Å²) in [6.07, 6.45) is 0. The van der Waals surface area contributed by atoms with Crippen molar-refractivity contribution in [1.82, 2.24) is 4.90 Å². The fraction of sp³-hybridized carbons (Fsp3) is 0.417. The SMILES string of the molecule is CCN(CS)CC(=O)Nc1ccccc1OC. The summed E-state index contributed by atoms with van der Waals surface area (Å²) in [5.41, 5.74) is 0.690. The van der Waals surface area contributed by atoms with Crippen LogP contribution in [0.25, 0.3) is 0 Å². The molecule has 1 amide bonds. The van der Waals surface area contributed by atoms with Crippen molar-refractivity contribution in [2.45, 2.75) is 6.92 Å².